The van der Waals surface area contributed by atoms with E-state index in [4.69, 9.17) is 4.74 Å². The maximum atomic E-state index is 13.2. The molecule has 1 saturated carbocycles. The van der Waals surface area contributed by atoms with Crippen LogP contribution in [0.3, 0.4) is 0 Å². The summed E-state index contributed by atoms with van der Waals surface area (Å²) >= 11 is 0. The SMILES string of the molecule is CCC(CC)(OC)C(CC1CCC(F)(F)C1)NC. The van der Waals surface area contributed by atoms with Crippen molar-refractivity contribution in [2.24, 2.45) is 5.92 Å². The zero-order valence-electron chi connectivity index (χ0n) is 12.1. The van der Waals surface area contributed by atoms with Gasteiger partial charge in [-0.15, -0.1) is 0 Å². The topological polar surface area (TPSA) is 21.3 Å². The quantitative estimate of drug-likeness (QED) is 0.757. The van der Waals surface area contributed by atoms with Crippen LogP contribution in [0.1, 0.15) is 52.4 Å². The molecule has 0 amide bonds. The molecule has 18 heavy (non-hydrogen) atoms. The molecular formula is C14H27F2NO. The molecule has 1 N–H and O–H groups in total. The molecule has 2 atom stereocenters. The van der Waals surface area contributed by atoms with Crippen molar-refractivity contribution in [1.29, 1.82) is 0 Å². The van der Waals surface area contributed by atoms with Gasteiger partial charge in [0.15, 0.2) is 0 Å². The van der Waals surface area contributed by atoms with Crippen LogP contribution in [0.2, 0.25) is 0 Å². The average Bonchev–Trinajstić information content (AvgIpc) is 2.70. The van der Waals surface area contributed by atoms with Crippen LogP contribution in [0.15, 0.2) is 0 Å². The number of rotatable bonds is 7. The van der Waals surface area contributed by atoms with Crippen molar-refractivity contribution in [2.75, 3.05) is 14.2 Å². The molecule has 0 heterocycles. The van der Waals surface area contributed by atoms with Crippen LogP contribution in [0.4, 0.5) is 8.78 Å². The Morgan fingerprint density at radius 2 is 2.00 bits per heavy atom. The number of ether oxygens (including phenoxy) is 1. The predicted molar refractivity (Wildman–Crippen MR) is 70.1 cm³/mol. The van der Waals surface area contributed by atoms with E-state index in [2.05, 4.69) is 19.2 Å². The van der Waals surface area contributed by atoms with Crippen molar-refractivity contribution < 1.29 is 13.5 Å². The first-order valence-electron chi connectivity index (χ1n) is 7.03. The molecule has 4 heteroatoms. The van der Waals surface area contributed by atoms with E-state index in [0.717, 1.165) is 19.3 Å². The normalized spacial score (nSPS) is 25.3. The highest BCUT2D eigenvalue weighted by Crippen LogP contribution is 2.42. The van der Waals surface area contributed by atoms with Crippen molar-refractivity contribution in [1.82, 2.24) is 5.32 Å². The molecule has 1 aliphatic rings. The first kappa shape index (κ1) is 15.8. The van der Waals surface area contributed by atoms with Gasteiger partial charge < -0.3 is 10.1 Å². The summed E-state index contributed by atoms with van der Waals surface area (Å²) in [7, 11) is 3.62. The predicted octanol–water partition coefficient (Wildman–Crippen LogP) is 3.61. The van der Waals surface area contributed by atoms with Gasteiger partial charge >= 0.3 is 0 Å². The fourth-order valence-electron chi connectivity index (χ4n) is 3.35. The lowest BCUT2D eigenvalue weighted by Crippen LogP contribution is -2.51. The number of hydrogen-bond donors (Lipinski definition) is 1. The third kappa shape index (κ3) is 3.41. The molecule has 0 aliphatic heterocycles. The molecule has 0 aromatic heterocycles. The zero-order valence-corrected chi connectivity index (χ0v) is 12.1. The Labute approximate surface area is 109 Å². The van der Waals surface area contributed by atoms with Gasteiger partial charge in [0.05, 0.1) is 5.60 Å². The summed E-state index contributed by atoms with van der Waals surface area (Å²) in [6, 6.07) is 0.149. The van der Waals surface area contributed by atoms with Crippen molar-refractivity contribution >= 4 is 0 Å². The highest BCUT2D eigenvalue weighted by atomic mass is 19.3. The number of halogens is 2. The molecule has 0 aromatic rings. The fraction of sp³-hybridized carbons (Fsp3) is 1.00. The molecule has 2 nitrogen and oxygen atoms in total. The minimum atomic E-state index is -2.45. The molecule has 1 fully saturated rings. The van der Waals surface area contributed by atoms with Crippen molar-refractivity contribution in [3.8, 4) is 0 Å². The second-order valence-corrected chi connectivity index (χ2v) is 5.52. The van der Waals surface area contributed by atoms with Gasteiger partial charge in [-0.25, -0.2) is 8.78 Å². The first-order chi connectivity index (χ1) is 8.43. The molecule has 0 spiro atoms. The summed E-state index contributed by atoms with van der Waals surface area (Å²) in [5.41, 5.74) is -0.230. The molecule has 108 valence electrons. The lowest BCUT2D eigenvalue weighted by molar-refractivity contribution is -0.0530. The minimum Gasteiger partial charge on any atom is -0.377 e. The van der Waals surface area contributed by atoms with Gasteiger partial charge in [0.1, 0.15) is 0 Å². The van der Waals surface area contributed by atoms with E-state index in [-0.39, 0.29) is 30.4 Å². The lowest BCUT2D eigenvalue weighted by atomic mass is 9.82. The lowest BCUT2D eigenvalue weighted by Gasteiger charge is -2.39. The van der Waals surface area contributed by atoms with Gasteiger partial charge in [0.2, 0.25) is 5.92 Å². The molecule has 1 rings (SSSR count). The second-order valence-electron chi connectivity index (χ2n) is 5.52. The molecule has 0 radical (unpaired) electrons. The summed E-state index contributed by atoms with van der Waals surface area (Å²) in [6.07, 6.45) is 3.30. The van der Waals surface area contributed by atoms with E-state index >= 15 is 0 Å². The minimum absolute atomic E-state index is 0.0401. The largest absolute Gasteiger partial charge is 0.377 e. The van der Waals surface area contributed by atoms with Crippen LogP contribution < -0.4 is 5.32 Å². The van der Waals surface area contributed by atoms with Crippen LogP contribution in [0.5, 0.6) is 0 Å². The van der Waals surface area contributed by atoms with Gasteiger partial charge in [-0.05, 0) is 38.6 Å². The fourth-order valence-corrected chi connectivity index (χ4v) is 3.35. The third-order valence-corrected chi connectivity index (χ3v) is 4.66. The van der Waals surface area contributed by atoms with Crippen molar-refractivity contribution in [3.63, 3.8) is 0 Å². The maximum absolute atomic E-state index is 13.2. The van der Waals surface area contributed by atoms with Crippen LogP contribution >= 0.6 is 0 Å². The van der Waals surface area contributed by atoms with Crippen molar-refractivity contribution in [2.45, 2.75) is 69.9 Å². The van der Waals surface area contributed by atoms with Gasteiger partial charge in [-0.2, -0.15) is 0 Å². The van der Waals surface area contributed by atoms with Gasteiger partial charge in [-0.3, -0.25) is 0 Å². The highest BCUT2D eigenvalue weighted by molar-refractivity contribution is 4.94. The van der Waals surface area contributed by atoms with Gasteiger partial charge in [0.25, 0.3) is 0 Å². The first-order valence-corrected chi connectivity index (χ1v) is 7.03. The van der Waals surface area contributed by atoms with Crippen LogP contribution in [-0.2, 0) is 4.74 Å². The number of nitrogens with one attached hydrogen (secondary N) is 1. The molecular weight excluding hydrogens is 236 g/mol. The summed E-state index contributed by atoms with van der Waals surface area (Å²) in [4.78, 5) is 0. The highest BCUT2D eigenvalue weighted by Gasteiger charge is 2.43. The Balaban J connectivity index is 2.67. The summed E-state index contributed by atoms with van der Waals surface area (Å²) < 4.78 is 32.2. The van der Waals surface area contributed by atoms with Crippen LogP contribution in [-0.4, -0.2) is 31.7 Å². The van der Waals surface area contributed by atoms with E-state index in [1.807, 2.05) is 7.05 Å². The number of methoxy groups -OCH3 is 1. The number of hydrogen-bond acceptors (Lipinski definition) is 2. The molecule has 2 unspecified atom stereocenters. The Morgan fingerprint density at radius 1 is 1.39 bits per heavy atom. The average molecular weight is 263 g/mol. The Bertz CT molecular complexity index is 246. The number of alkyl halides is 2. The van der Waals surface area contributed by atoms with Gasteiger partial charge in [-0.1, -0.05) is 13.8 Å². The van der Waals surface area contributed by atoms with Gasteiger partial charge in [0, 0.05) is 26.0 Å². The van der Waals surface area contributed by atoms with Crippen molar-refractivity contribution in [3.05, 3.63) is 0 Å². The Kier molecular flexibility index (Phi) is 5.53. The summed E-state index contributed by atoms with van der Waals surface area (Å²) in [5.74, 6) is -2.33. The van der Waals surface area contributed by atoms with E-state index < -0.39 is 5.92 Å². The van der Waals surface area contributed by atoms with Crippen LogP contribution in [0.25, 0.3) is 0 Å². The number of likely N-dealkylation sites (N-methyl/N-ethyl adjacent to an activating group) is 1. The van der Waals surface area contributed by atoms with E-state index in [1.54, 1.807) is 7.11 Å². The molecule has 0 aromatic carbocycles. The Morgan fingerprint density at radius 3 is 2.33 bits per heavy atom. The Hall–Kier alpha value is -0.220. The monoisotopic (exact) mass is 263 g/mol. The molecule has 0 saturated heterocycles. The standard InChI is InChI=1S/C14H27F2NO/c1-5-13(6-2,18-4)12(17-3)9-11-7-8-14(15,16)10-11/h11-12,17H,5-10H2,1-4H3. The molecule has 0 bridgehead atoms. The van der Waals surface area contributed by atoms with E-state index in [9.17, 15) is 8.78 Å². The second kappa shape index (κ2) is 6.29. The maximum Gasteiger partial charge on any atom is 0.248 e. The summed E-state index contributed by atoms with van der Waals surface area (Å²) in [6.45, 7) is 4.20. The van der Waals surface area contributed by atoms with Crippen LogP contribution in [0, 0.1) is 5.92 Å². The molecule has 1 aliphatic carbocycles. The zero-order chi connectivity index (χ0) is 13.8. The van der Waals surface area contributed by atoms with E-state index in [1.165, 1.54) is 0 Å². The third-order valence-electron chi connectivity index (χ3n) is 4.66. The summed E-state index contributed by atoms with van der Waals surface area (Å²) in [5, 5.41) is 3.28. The smallest absolute Gasteiger partial charge is 0.248 e. The van der Waals surface area contributed by atoms with E-state index in [0.29, 0.717) is 6.42 Å².